The number of aromatic amines is 1. The predicted molar refractivity (Wildman–Crippen MR) is 69.5 cm³/mol. The van der Waals surface area contributed by atoms with Crippen LogP contribution in [0.3, 0.4) is 0 Å². The minimum absolute atomic E-state index is 0.153. The summed E-state index contributed by atoms with van der Waals surface area (Å²) in [6.45, 7) is 3.49. The second-order valence-corrected chi connectivity index (χ2v) is 5.03. The predicted octanol–water partition coefficient (Wildman–Crippen LogP) is -0.0262. The molecular weight excluding hydrogens is 246 g/mol. The molecule has 104 valence electrons. The summed E-state index contributed by atoms with van der Waals surface area (Å²) in [5.74, 6) is -0.580. The Bertz CT molecular complexity index is 444. The van der Waals surface area contributed by atoms with Crippen molar-refractivity contribution in [1.82, 2.24) is 15.2 Å². The van der Waals surface area contributed by atoms with E-state index in [-0.39, 0.29) is 24.5 Å². The average molecular weight is 265 g/mol. The maximum absolute atomic E-state index is 11.8. The van der Waals surface area contributed by atoms with Gasteiger partial charge in [0.15, 0.2) is 0 Å². The number of likely N-dealkylation sites (tertiary alicyclic amines) is 1. The molecule has 3 N–H and O–H groups in total. The molecule has 6 heteroatoms. The molecule has 19 heavy (non-hydrogen) atoms. The number of hydrogen-bond donors (Lipinski definition) is 3. The third-order valence-electron chi connectivity index (χ3n) is 3.41. The summed E-state index contributed by atoms with van der Waals surface area (Å²) in [6.07, 6.45) is 2.01. The van der Waals surface area contributed by atoms with Gasteiger partial charge in [0.1, 0.15) is 5.69 Å². The lowest BCUT2D eigenvalue weighted by Crippen LogP contribution is -2.47. The number of rotatable bonds is 3. The first-order valence-electron chi connectivity index (χ1n) is 6.44. The van der Waals surface area contributed by atoms with E-state index in [2.05, 4.69) is 10.3 Å². The van der Waals surface area contributed by atoms with Gasteiger partial charge in [-0.25, -0.2) is 0 Å². The van der Waals surface area contributed by atoms with Crippen molar-refractivity contribution in [3.8, 4) is 0 Å². The summed E-state index contributed by atoms with van der Waals surface area (Å²) in [7, 11) is 0. The van der Waals surface area contributed by atoms with E-state index in [1.807, 2.05) is 11.8 Å². The number of piperidine rings is 1. The van der Waals surface area contributed by atoms with Crippen molar-refractivity contribution in [2.45, 2.75) is 19.4 Å². The summed E-state index contributed by atoms with van der Waals surface area (Å²) < 4.78 is 0. The van der Waals surface area contributed by atoms with Gasteiger partial charge in [-0.3, -0.25) is 19.8 Å². The van der Waals surface area contributed by atoms with Gasteiger partial charge in [-0.2, -0.15) is 0 Å². The van der Waals surface area contributed by atoms with E-state index in [1.54, 1.807) is 18.3 Å². The van der Waals surface area contributed by atoms with Crippen LogP contribution in [0.5, 0.6) is 0 Å². The first kappa shape index (κ1) is 13.8. The van der Waals surface area contributed by atoms with Crippen LogP contribution in [0.15, 0.2) is 18.3 Å². The third-order valence-corrected chi connectivity index (χ3v) is 3.41. The van der Waals surface area contributed by atoms with Gasteiger partial charge in [-0.15, -0.1) is 0 Å². The van der Waals surface area contributed by atoms with Crippen LogP contribution in [-0.2, 0) is 4.79 Å². The number of aliphatic hydroxyl groups excluding tert-OH is 1. The first-order chi connectivity index (χ1) is 9.06. The highest BCUT2D eigenvalue weighted by Crippen LogP contribution is 2.15. The van der Waals surface area contributed by atoms with Crippen molar-refractivity contribution in [2.24, 2.45) is 5.92 Å². The van der Waals surface area contributed by atoms with E-state index in [9.17, 15) is 14.7 Å². The van der Waals surface area contributed by atoms with Crippen molar-refractivity contribution in [1.29, 1.82) is 0 Å². The zero-order chi connectivity index (χ0) is 13.8. The highest BCUT2D eigenvalue weighted by Gasteiger charge is 2.25. The van der Waals surface area contributed by atoms with Crippen molar-refractivity contribution in [3.63, 3.8) is 0 Å². The van der Waals surface area contributed by atoms with Crippen LogP contribution in [-0.4, -0.2) is 52.5 Å². The number of carbonyl (C=O) groups excluding carboxylic acids is 2. The molecule has 0 saturated carbocycles. The molecule has 0 aromatic carbocycles. The topological polar surface area (TPSA) is 85.4 Å². The molecule has 2 heterocycles. The van der Waals surface area contributed by atoms with E-state index in [1.165, 1.54) is 0 Å². The van der Waals surface area contributed by atoms with Gasteiger partial charge in [0.05, 0.1) is 12.6 Å². The molecule has 6 nitrogen and oxygen atoms in total. The molecule has 0 spiro atoms. The molecule has 1 fully saturated rings. The summed E-state index contributed by atoms with van der Waals surface area (Å²) in [6, 6.07) is 3.31. The van der Waals surface area contributed by atoms with Crippen molar-refractivity contribution < 1.29 is 14.7 Å². The summed E-state index contributed by atoms with van der Waals surface area (Å²) in [5.41, 5.74) is 0.371. The molecule has 2 amide bonds. The van der Waals surface area contributed by atoms with E-state index in [0.29, 0.717) is 25.2 Å². The van der Waals surface area contributed by atoms with Gasteiger partial charge in [0, 0.05) is 19.3 Å². The lowest BCUT2D eigenvalue weighted by Gasteiger charge is -2.33. The maximum Gasteiger partial charge on any atom is 0.274 e. The van der Waals surface area contributed by atoms with Crippen LogP contribution >= 0.6 is 0 Å². The molecular formula is C13H19N3O3. The summed E-state index contributed by atoms with van der Waals surface area (Å²) >= 11 is 0. The molecule has 0 aliphatic carbocycles. The fourth-order valence-electron chi connectivity index (χ4n) is 2.27. The molecule has 1 saturated heterocycles. The molecule has 1 aliphatic heterocycles. The van der Waals surface area contributed by atoms with Gasteiger partial charge >= 0.3 is 0 Å². The standard InChI is InChI=1S/C13H19N3O3/c1-9-7-16(6-4-11(9)17)8-12(18)15-13(19)10-3-2-5-14-10/h2-3,5,9,11,14,17H,4,6-8H2,1H3,(H,15,18,19). The Kier molecular flexibility index (Phi) is 4.34. The highest BCUT2D eigenvalue weighted by atomic mass is 16.3. The van der Waals surface area contributed by atoms with Gasteiger partial charge in [0.2, 0.25) is 5.91 Å². The number of carbonyl (C=O) groups is 2. The summed E-state index contributed by atoms with van der Waals surface area (Å²) in [4.78, 5) is 28.1. The smallest absolute Gasteiger partial charge is 0.274 e. The minimum atomic E-state index is -0.417. The van der Waals surface area contributed by atoms with Crippen LogP contribution < -0.4 is 5.32 Å². The van der Waals surface area contributed by atoms with E-state index in [4.69, 9.17) is 0 Å². The molecule has 2 rings (SSSR count). The number of nitrogens with zero attached hydrogens (tertiary/aromatic N) is 1. The van der Waals surface area contributed by atoms with Gasteiger partial charge < -0.3 is 10.1 Å². The molecule has 0 radical (unpaired) electrons. The monoisotopic (exact) mass is 265 g/mol. The van der Waals surface area contributed by atoms with Crippen LogP contribution in [0.4, 0.5) is 0 Å². The molecule has 1 aromatic rings. The van der Waals surface area contributed by atoms with Crippen LogP contribution in [0, 0.1) is 5.92 Å². The molecule has 1 aliphatic rings. The Balaban J connectivity index is 1.80. The van der Waals surface area contributed by atoms with E-state index >= 15 is 0 Å². The Morgan fingerprint density at radius 1 is 1.58 bits per heavy atom. The Morgan fingerprint density at radius 2 is 2.37 bits per heavy atom. The molecule has 1 aromatic heterocycles. The van der Waals surface area contributed by atoms with Crippen molar-refractivity contribution in [3.05, 3.63) is 24.0 Å². The number of hydrogen-bond acceptors (Lipinski definition) is 4. The van der Waals surface area contributed by atoms with E-state index in [0.717, 1.165) is 0 Å². The van der Waals surface area contributed by atoms with Crippen molar-refractivity contribution in [2.75, 3.05) is 19.6 Å². The van der Waals surface area contributed by atoms with Gasteiger partial charge in [0.25, 0.3) is 5.91 Å². The lowest BCUT2D eigenvalue weighted by atomic mass is 9.97. The van der Waals surface area contributed by atoms with Crippen molar-refractivity contribution >= 4 is 11.8 Å². The fourth-order valence-corrected chi connectivity index (χ4v) is 2.27. The second-order valence-electron chi connectivity index (χ2n) is 5.03. The number of nitrogens with one attached hydrogen (secondary N) is 2. The first-order valence-corrected chi connectivity index (χ1v) is 6.44. The highest BCUT2D eigenvalue weighted by molar-refractivity contribution is 6.04. The SMILES string of the molecule is CC1CN(CC(=O)NC(=O)c2ccc[nH]2)CCC1O. The van der Waals surface area contributed by atoms with Gasteiger partial charge in [-0.05, 0) is 24.5 Å². The zero-order valence-electron chi connectivity index (χ0n) is 10.9. The van der Waals surface area contributed by atoms with Crippen LogP contribution in [0.25, 0.3) is 0 Å². The number of aliphatic hydroxyl groups is 1. The second kappa shape index (κ2) is 5.99. The molecule has 2 atom stereocenters. The Hall–Kier alpha value is -1.66. The summed E-state index contributed by atoms with van der Waals surface area (Å²) in [5, 5.41) is 12.0. The Labute approximate surface area is 111 Å². The van der Waals surface area contributed by atoms with E-state index < -0.39 is 5.91 Å². The number of amides is 2. The number of aromatic nitrogens is 1. The van der Waals surface area contributed by atoms with Crippen LogP contribution in [0.1, 0.15) is 23.8 Å². The average Bonchev–Trinajstić information content (AvgIpc) is 2.87. The Morgan fingerprint density at radius 3 is 3.00 bits per heavy atom. The number of imide groups is 1. The lowest BCUT2D eigenvalue weighted by molar-refractivity contribution is -0.122. The normalized spacial score (nSPS) is 24.1. The quantitative estimate of drug-likeness (QED) is 0.716. The van der Waals surface area contributed by atoms with Crippen LogP contribution in [0.2, 0.25) is 0 Å². The van der Waals surface area contributed by atoms with Gasteiger partial charge in [-0.1, -0.05) is 6.92 Å². The molecule has 0 bridgehead atoms. The largest absolute Gasteiger partial charge is 0.393 e. The fraction of sp³-hybridized carbons (Fsp3) is 0.538. The zero-order valence-corrected chi connectivity index (χ0v) is 10.9. The molecule has 2 unspecified atom stereocenters. The number of H-pyrrole nitrogens is 1. The maximum atomic E-state index is 11.8. The third kappa shape index (κ3) is 3.65. The minimum Gasteiger partial charge on any atom is -0.393 e.